The third-order valence-electron chi connectivity index (χ3n) is 3.07. The summed E-state index contributed by atoms with van der Waals surface area (Å²) in [6.45, 7) is 3.35. The number of alkyl halides is 1. The van der Waals surface area contributed by atoms with Gasteiger partial charge in [0.1, 0.15) is 6.67 Å². The van der Waals surface area contributed by atoms with Crippen molar-refractivity contribution in [1.29, 1.82) is 0 Å². The van der Waals surface area contributed by atoms with Crippen LogP contribution in [-0.2, 0) is 0 Å². The molecule has 1 fully saturated rings. The van der Waals surface area contributed by atoms with Gasteiger partial charge in [-0.15, -0.1) is 0 Å². The summed E-state index contributed by atoms with van der Waals surface area (Å²) in [5.74, 6) is 0. The second-order valence-electron chi connectivity index (χ2n) is 4.13. The molecule has 1 aromatic rings. The van der Waals surface area contributed by atoms with Gasteiger partial charge in [-0.1, -0.05) is 6.07 Å². The molecule has 0 unspecified atom stereocenters. The van der Waals surface area contributed by atoms with Crippen LogP contribution in [0.5, 0.6) is 0 Å². The Labute approximate surface area is 118 Å². The van der Waals surface area contributed by atoms with Gasteiger partial charge in [0.15, 0.2) is 0 Å². The van der Waals surface area contributed by atoms with E-state index in [1.807, 2.05) is 18.2 Å². The topological polar surface area (TPSA) is 15.3 Å². The molecule has 94 valence electrons. The number of hydrogen-bond acceptors (Lipinski definition) is 2. The van der Waals surface area contributed by atoms with E-state index < -0.39 is 0 Å². The standard InChI is InChI=1S/C12H15Br2FN2/c13-10-2-1-9(7-11(10)14)12(8-15)17-5-3-16-4-6-17/h1-2,7,12,16H,3-6,8H2/t12-/m1/s1. The van der Waals surface area contributed by atoms with Gasteiger partial charge in [0, 0.05) is 35.1 Å². The third kappa shape index (κ3) is 3.28. The van der Waals surface area contributed by atoms with Crippen molar-refractivity contribution in [1.82, 2.24) is 10.2 Å². The minimum Gasteiger partial charge on any atom is -0.314 e. The van der Waals surface area contributed by atoms with E-state index in [1.54, 1.807) is 0 Å². The second kappa shape index (κ2) is 6.27. The largest absolute Gasteiger partial charge is 0.314 e. The quantitative estimate of drug-likeness (QED) is 0.885. The highest BCUT2D eigenvalue weighted by Gasteiger charge is 2.22. The van der Waals surface area contributed by atoms with Gasteiger partial charge in [0.2, 0.25) is 0 Å². The fourth-order valence-corrected chi connectivity index (χ4v) is 2.75. The maximum atomic E-state index is 13.3. The van der Waals surface area contributed by atoms with Crippen LogP contribution >= 0.6 is 31.9 Å². The normalized spacial score (nSPS) is 19.2. The first-order chi connectivity index (χ1) is 8.22. The predicted molar refractivity (Wildman–Crippen MR) is 75.0 cm³/mol. The summed E-state index contributed by atoms with van der Waals surface area (Å²) in [5.41, 5.74) is 1.03. The summed E-state index contributed by atoms with van der Waals surface area (Å²) in [7, 11) is 0. The van der Waals surface area contributed by atoms with Crippen LogP contribution in [0.25, 0.3) is 0 Å². The first-order valence-corrected chi connectivity index (χ1v) is 7.26. The van der Waals surface area contributed by atoms with Crippen LogP contribution in [0.2, 0.25) is 0 Å². The molecule has 1 aromatic carbocycles. The zero-order chi connectivity index (χ0) is 12.3. The van der Waals surface area contributed by atoms with Crippen molar-refractivity contribution in [3.05, 3.63) is 32.7 Å². The molecule has 2 rings (SSSR count). The zero-order valence-electron chi connectivity index (χ0n) is 9.43. The molecule has 0 aliphatic carbocycles. The highest BCUT2D eigenvalue weighted by Crippen LogP contribution is 2.29. The van der Waals surface area contributed by atoms with Gasteiger partial charge in [-0.3, -0.25) is 4.90 Å². The molecule has 0 bridgehead atoms. The summed E-state index contributed by atoms with van der Waals surface area (Å²) >= 11 is 6.90. The fraction of sp³-hybridized carbons (Fsp3) is 0.500. The maximum absolute atomic E-state index is 13.3. The fourth-order valence-electron chi connectivity index (χ4n) is 2.11. The van der Waals surface area contributed by atoms with Crippen molar-refractivity contribution in [2.75, 3.05) is 32.9 Å². The molecule has 0 amide bonds. The molecule has 0 radical (unpaired) electrons. The van der Waals surface area contributed by atoms with Crippen molar-refractivity contribution in [2.24, 2.45) is 0 Å². The number of halogens is 3. The number of nitrogens with one attached hydrogen (secondary N) is 1. The molecule has 2 nitrogen and oxygen atoms in total. The summed E-state index contributed by atoms with van der Waals surface area (Å²) < 4.78 is 15.2. The molecule has 0 spiro atoms. The van der Waals surface area contributed by atoms with Crippen LogP contribution in [0, 0.1) is 0 Å². The number of nitrogens with zero attached hydrogens (tertiary/aromatic N) is 1. The van der Waals surface area contributed by atoms with Gasteiger partial charge in [-0.25, -0.2) is 4.39 Å². The van der Waals surface area contributed by atoms with Crippen LogP contribution < -0.4 is 5.32 Å². The van der Waals surface area contributed by atoms with Crippen LogP contribution in [0.4, 0.5) is 4.39 Å². The Bertz CT molecular complexity index is 381. The summed E-state index contributed by atoms with van der Waals surface area (Å²) in [6, 6.07) is 5.82. The van der Waals surface area contributed by atoms with E-state index >= 15 is 0 Å². The first kappa shape index (κ1) is 13.5. The lowest BCUT2D eigenvalue weighted by molar-refractivity contribution is 0.147. The lowest BCUT2D eigenvalue weighted by atomic mass is 10.1. The Morgan fingerprint density at radius 3 is 2.53 bits per heavy atom. The van der Waals surface area contributed by atoms with E-state index in [0.29, 0.717) is 0 Å². The maximum Gasteiger partial charge on any atom is 0.109 e. The molecular weight excluding hydrogens is 351 g/mol. The van der Waals surface area contributed by atoms with Crippen molar-refractivity contribution in [3.8, 4) is 0 Å². The van der Waals surface area contributed by atoms with Gasteiger partial charge in [0.05, 0.1) is 6.04 Å². The number of benzene rings is 1. The molecule has 5 heteroatoms. The summed E-state index contributed by atoms with van der Waals surface area (Å²) in [5, 5.41) is 3.28. The van der Waals surface area contributed by atoms with Gasteiger partial charge < -0.3 is 5.32 Å². The Balaban J connectivity index is 2.18. The van der Waals surface area contributed by atoms with Crippen LogP contribution in [0.3, 0.4) is 0 Å². The molecule has 1 heterocycles. The minimum atomic E-state index is -0.339. The van der Waals surface area contributed by atoms with E-state index in [-0.39, 0.29) is 12.7 Å². The van der Waals surface area contributed by atoms with E-state index in [1.165, 1.54) is 0 Å². The first-order valence-electron chi connectivity index (χ1n) is 5.68. The summed E-state index contributed by atoms with van der Waals surface area (Å²) in [4.78, 5) is 2.20. The highest BCUT2D eigenvalue weighted by molar-refractivity contribution is 9.13. The molecule has 1 aliphatic rings. The van der Waals surface area contributed by atoms with E-state index in [9.17, 15) is 4.39 Å². The monoisotopic (exact) mass is 364 g/mol. The van der Waals surface area contributed by atoms with E-state index in [4.69, 9.17) is 0 Å². The number of hydrogen-bond donors (Lipinski definition) is 1. The van der Waals surface area contributed by atoms with Crippen LogP contribution in [-0.4, -0.2) is 37.8 Å². The average Bonchev–Trinajstić information content (AvgIpc) is 2.36. The molecule has 1 aliphatic heterocycles. The molecule has 1 saturated heterocycles. The Kier molecular flexibility index (Phi) is 4.97. The molecule has 1 N–H and O–H groups in total. The number of piperazine rings is 1. The lowest BCUT2D eigenvalue weighted by Gasteiger charge is -2.33. The minimum absolute atomic E-state index is 0.124. The lowest BCUT2D eigenvalue weighted by Crippen LogP contribution is -2.45. The Morgan fingerprint density at radius 1 is 1.24 bits per heavy atom. The number of rotatable bonds is 3. The van der Waals surface area contributed by atoms with Crippen LogP contribution in [0.15, 0.2) is 27.1 Å². The average molecular weight is 366 g/mol. The van der Waals surface area contributed by atoms with Gasteiger partial charge in [-0.05, 0) is 49.6 Å². The highest BCUT2D eigenvalue weighted by atomic mass is 79.9. The van der Waals surface area contributed by atoms with E-state index in [2.05, 4.69) is 42.1 Å². The smallest absolute Gasteiger partial charge is 0.109 e. The SMILES string of the molecule is FC[C@H](c1ccc(Br)c(Br)c1)N1CCNCC1. The zero-order valence-corrected chi connectivity index (χ0v) is 12.6. The molecular formula is C12H15Br2FN2. The third-order valence-corrected chi connectivity index (χ3v) is 4.95. The molecule has 0 saturated carbocycles. The summed E-state index contributed by atoms with van der Waals surface area (Å²) in [6.07, 6.45) is 0. The molecule has 1 atom stereocenters. The van der Waals surface area contributed by atoms with Crippen LogP contribution in [0.1, 0.15) is 11.6 Å². The van der Waals surface area contributed by atoms with Gasteiger partial charge >= 0.3 is 0 Å². The van der Waals surface area contributed by atoms with Crippen molar-refractivity contribution >= 4 is 31.9 Å². The Morgan fingerprint density at radius 2 is 1.94 bits per heavy atom. The van der Waals surface area contributed by atoms with Crippen molar-refractivity contribution in [2.45, 2.75) is 6.04 Å². The molecule has 0 aromatic heterocycles. The van der Waals surface area contributed by atoms with Gasteiger partial charge in [-0.2, -0.15) is 0 Å². The van der Waals surface area contributed by atoms with Gasteiger partial charge in [0.25, 0.3) is 0 Å². The second-order valence-corrected chi connectivity index (χ2v) is 5.84. The van der Waals surface area contributed by atoms with Crippen molar-refractivity contribution in [3.63, 3.8) is 0 Å². The van der Waals surface area contributed by atoms with E-state index in [0.717, 1.165) is 40.7 Å². The molecule has 17 heavy (non-hydrogen) atoms. The Hall–Kier alpha value is 0.0300. The van der Waals surface area contributed by atoms with Crippen molar-refractivity contribution < 1.29 is 4.39 Å². The predicted octanol–water partition coefficient (Wildman–Crippen LogP) is 3.13.